The lowest BCUT2D eigenvalue weighted by Gasteiger charge is -2.35. The van der Waals surface area contributed by atoms with Gasteiger partial charge in [-0.2, -0.15) is 0 Å². The van der Waals surface area contributed by atoms with E-state index in [0.29, 0.717) is 11.8 Å². The molecule has 1 aliphatic carbocycles. The van der Waals surface area contributed by atoms with Gasteiger partial charge in [0.05, 0.1) is 7.11 Å². The van der Waals surface area contributed by atoms with Crippen molar-refractivity contribution < 1.29 is 9.53 Å². The van der Waals surface area contributed by atoms with Crippen LogP contribution in [-0.4, -0.2) is 19.6 Å². The van der Waals surface area contributed by atoms with Gasteiger partial charge in [0.15, 0.2) is 0 Å². The second-order valence-corrected chi connectivity index (χ2v) is 6.23. The van der Waals surface area contributed by atoms with Crippen LogP contribution in [-0.2, 0) is 11.2 Å². The van der Waals surface area contributed by atoms with Crippen molar-refractivity contribution in [3.8, 4) is 5.75 Å². The number of hydrogen-bond donors (Lipinski definition) is 0. The zero-order valence-electron chi connectivity index (χ0n) is 12.4. The highest BCUT2D eigenvalue weighted by Crippen LogP contribution is 2.35. The first kappa shape index (κ1) is 13.5. The van der Waals surface area contributed by atoms with Crippen molar-refractivity contribution in [1.82, 2.24) is 0 Å². The van der Waals surface area contributed by atoms with Crippen LogP contribution in [0.3, 0.4) is 0 Å². The number of carbonyl (C=O) groups excluding carboxylic acids is 1. The van der Waals surface area contributed by atoms with Crippen LogP contribution in [0.15, 0.2) is 18.2 Å². The number of anilines is 1. The molecule has 2 aliphatic rings. The molecule has 3 heteroatoms. The summed E-state index contributed by atoms with van der Waals surface area (Å²) in [5, 5.41) is 0. The molecule has 1 aliphatic heterocycles. The normalized spacial score (nSPS) is 22.7. The number of rotatable bonds is 2. The van der Waals surface area contributed by atoms with Gasteiger partial charge in [0, 0.05) is 18.2 Å². The highest BCUT2D eigenvalue weighted by molar-refractivity contribution is 5.96. The summed E-state index contributed by atoms with van der Waals surface area (Å²) < 4.78 is 5.31. The van der Waals surface area contributed by atoms with E-state index in [1.165, 1.54) is 18.4 Å². The Labute approximate surface area is 120 Å². The van der Waals surface area contributed by atoms with E-state index in [1.54, 1.807) is 7.11 Å². The van der Waals surface area contributed by atoms with Gasteiger partial charge in [0.1, 0.15) is 5.75 Å². The van der Waals surface area contributed by atoms with Crippen LogP contribution in [0.1, 0.15) is 38.2 Å². The zero-order valence-corrected chi connectivity index (χ0v) is 12.4. The molecule has 108 valence electrons. The Morgan fingerprint density at radius 3 is 2.75 bits per heavy atom. The van der Waals surface area contributed by atoms with E-state index in [0.717, 1.165) is 37.2 Å². The first-order valence-electron chi connectivity index (χ1n) is 7.67. The van der Waals surface area contributed by atoms with Gasteiger partial charge < -0.3 is 9.64 Å². The lowest BCUT2D eigenvalue weighted by Crippen LogP contribution is -2.42. The van der Waals surface area contributed by atoms with Crippen LogP contribution in [0.4, 0.5) is 5.69 Å². The Morgan fingerprint density at radius 1 is 1.30 bits per heavy atom. The SMILES string of the molecule is COc1ccc2c(c1)CC(C)CN2C(=O)C1CCCC1. The highest BCUT2D eigenvalue weighted by atomic mass is 16.5. The van der Waals surface area contributed by atoms with E-state index >= 15 is 0 Å². The smallest absolute Gasteiger partial charge is 0.230 e. The third kappa shape index (κ3) is 2.41. The van der Waals surface area contributed by atoms with E-state index in [2.05, 4.69) is 13.0 Å². The van der Waals surface area contributed by atoms with Crippen molar-refractivity contribution in [2.45, 2.75) is 39.0 Å². The summed E-state index contributed by atoms with van der Waals surface area (Å²) in [6.45, 7) is 3.08. The second-order valence-electron chi connectivity index (χ2n) is 6.23. The maximum atomic E-state index is 12.8. The lowest BCUT2D eigenvalue weighted by molar-refractivity contribution is -0.122. The van der Waals surface area contributed by atoms with Crippen LogP contribution < -0.4 is 9.64 Å². The molecule has 1 saturated carbocycles. The van der Waals surface area contributed by atoms with Gasteiger partial charge in [0.2, 0.25) is 5.91 Å². The molecule has 3 rings (SSSR count). The van der Waals surface area contributed by atoms with Crippen molar-refractivity contribution in [3.63, 3.8) is 0 Å². The van der Waals surface area contributed by atoms with Crippen molar-refractivity contribution in [2.75, 3.05) is 18.6 Å². The van der Waals surface area contributed by atoms with Gasteiger partial charge in [-0.25, -0.2) is 0 Å². The maximum absolute atomic E-state index is 12.8. The van der Waals surface area contributed by atoms with Crippen molar-refractivity contribution in [3.05, 3.63) is 23.8 Å². The number of nitrogens with zero attached hydrogens (tertiary/aromatic N) is 1. The Bertz CT molecular complexity index is 506. The minimum Gasteiger partial charge on any atom is -0.497 e. The summed E-state index contributed by atoms with van der Waals surface area (Å²) in [6.07, 6.45) is 5.57. The van der Waals surface area contributed by atoms with Crippen LogP contribution in [0.25, 0.3) is 0 Å². The summed E-state index contributed by atoms with van der Waals surface area (Å²) in [6, 6.07) is 6.09. The van der Waals surface area contributed by atoms with Gasteiger partial charge in [-0.15, -0.1) is 0 Å². The highest BCUT2D eigenvalue weighted by Gasteiger charge is 2.32. The van der Waals surface area contributed by atoms with Gasteiger partial charge in [-0.3, -0.25) is 4.79 Å². The fourth-order valence-electron chi connectivity index (χ4n) is 3.57. The van der Waals surface area contributed by atoms with Crippen LogP contribution in [0.5, 0.6) is 5.75 Å². The van der Waals surface area contributed by atoms with Crippen molar-refractivity contribution >= 4 is 11.6 Å². The maximum Gasteiger partial charge on any atom is 0.230 e. The number of amides is 1. The van der Waals surface area contributed by atoms with Gasteiger partial charge in [0.25, 0.3) is 0 Å². The molecule has 1 aromatic rings. The molecule has 0 bridgehead atoms. The quantitative estimate of drug-likeness (QED) is 0.826. The lowest BCUT2D eigenvalue weighted by atomic mass is 9.92. The Balaban J connectivity index is 1.91. The number of benzene rings is 1. The Morgan fingerprint density at radius 2 is 2.05 bits per heavy atom. The van der Waals surface area contributed by atoms with Gasteiger partial charge in [-0.1, -0.05) is 19.8 Å². The largest absolute Gasteiger partial charge is 0.497 e. The number of ether oxygens (including phenoxy) is 1. The molecule has 0 N–H and O–H groups in total. The molecule has 1 aromatic carbocycles. The molecule has 20 heavy (non-hydrogen) atoms. The van der Waals surface area contributed by atoms with E-state index in [4.69, 9.17) is 4.74 Å². The Hall–Kier alpha value is -1.51. The van der Waals surface area contributed by atoms with Gasteiger partial charge >= 0.3 is 0 Å². The van der Waals surface area contributed by atoms with Crippen LogP contribution in [0, 0.1) is 11.8 Å². The first-order valence-corrected chi connectivity index (χ1v) is 7.67. The molecule has 1 unspecified atom stereocenters. The topological polar surface area (TPSA) is 29.5 Å². The molecule has 1 heterocycles. The standard InChI is InChI=1S/C17H23NO2/c1-12-9-14-10-15(20-2)7-8-16(14)18(11-12)17(19)13-5-3-4-6-13/h7-8,10,12-13H,3-6,9,11H2,1-2H3. The van der Waals surface area contributed by atoms with E-state index in [9.17, 15) is 4.79 Å². The second kappa shape index (κ2) is 5.47. The summed E-state index contributed by atoms with van der Waals surface area (Å²) >= 11 is 0. The number of hydrogen-bond acceptors (Lipinski definition) is 2. The number of fused-ring (bicyclic) bond motifs is 1. The molecular weight excluding hydrogens is 250 g/mol. The third-order valence-electron chi connectivity index (χ3n) is 4.61. The van der Waals surface area contributed by atoms with E-state index in [1.807, 2.05) is 17.0 Å². The molecule has 0 aromatic heterocycles. The predicted molar refractivity (Wildman–Crippen MR) is 80.2 cm³/mol. The molecule has 1 atom stereocenters. The molecule has 0 radical (unpaired) electrons. The third-order valence-corrected chi connectivity index (χ3v) is 4.61. The summed E-state index contributed by atoms with van der Waals surface area (Å²) in [7, 11) is 1.69. The van der Waals surface area contributed by atoms with Crippen LogP contribution in [0.2, 0.25) is 0 Å². The molecule has 3 nitrogen and oxygen atoms in total. The van der Waals surface area contributed by atoms with E-state index in [-0.39, 0.29) is 5.92 Å². The fourth-order valence-corrected chi connectivity index (χ4v) is 3.57. The zero-order chi connectivity index (χ0) is 14.1. The molecular formula is C17H23NO2. The number of carbonyl (C=O) groups is 1. The van der Waals surface area contributed by atoms with Crippen LogP contribution >= 0.6 is 0 Å². The average Bonchev–Trinajstić information content (AvgIpc) is 2.99. The fraction of sp³-hybridized carbons (Fsp3) is 0.588. The Kier molecular flexibility index (Phi) is 3.68. The average molecular weight is 273 g/mol. The van der Waals surface area contributed by atoms with Crippen molar-refractivity contribution in [2.24, 2.45) is 11.8 Å². The molecule has 1 amide bonds. The van der Waals surface area contributed by atoms with Gasteiger partial charge in [-0.05, 0) is 48.9 Å². The van der Waals surface area contributed by atoms with Crippen molar-refractivity contribution in [1.29, 1.82) is 0 Å². The summed E-state index contributed by atoms with van der Waals surface area (Å²) in [4.78, 5) is 14.8. The molecule has 1 fully saturated rings. The minimum absolute atomic E-state index is 0.246. The summed E-state index contributed by atoms with van der Waals surface area (Å²) in [5.74, 6) is 1.97. The van der Waals surface area contributed by atoms with E-state index < -0.39 is 0 Å². The summed E-state index contributed by atoms with van der Waals surface area (Å²) in [5.41, 5.74) is 2.34. The minimum atomic E-state index is 0.246. The predicted octanol–water partition coefficient (Wildman–Crippen LogP) is 3.41. The first-order chi connectivity index (χ1) is 9.69. The monoisotopic (exact) mass is 273 g/mol. The molecule has 0 saturated heterocycles. The number of methoxy groups -OCH3 is 1. The molecule has 0 spiro atoms.